The van der Waals surface area contributed by atoms with Crippen molar-refractivity contribution in [3.8, 4) is 0 Å². The quantitative estimate of drug-likeness (QED) is 0.838. The van der Waals surface area contributed by atoms with Gasteiger partial charge in [-0.2, -0.15) is 0 Å². The van der Waals surface area contributed by atoms with Crippen LogP contribution in [0.15, 0.2) is 42.6 Å². The van der Waals surface area contributed by atoms with Crippen LogP contribution in [-0.2, 0) is 0 Å². The molecule has 4 nitrogen and oxygen atoms in total. The van der Waals surface area contributed by atoms with E-state index in [1.165, 1.54) is 0 Å². The van der Waals surface area contributed by atoms with Crippen LogP contribution in [0.2, 0.25) is 0 Å². The maximum absolute atomic E-state index is 12.8. The van der Waals surface area contributed by atoms with E-state index in [1.54, 1.807) is 11.1 Å². The van der Waals surface area contributed by atoms with Gasteiger partial charge in [0.1, 0.15) is 0 Å². The molecule has 0 saturated carbocycles. The first-order valence-corrected chi connectivity index (χ1v) is 6.91. The Balaban J connectivity index is 2.31. The molecule has 0 radical (unpaired) electrons. The average molecular weight is 267 g/mol. The van der Waals surface area contributed by atoms with E-state index < -0.39 is 0 Å². The van der Waals surface area contributed by atoms with Crippen LogP contribution in [-0.4, -0.2) is 24.0 Å². The van der Waals surface area contributed by atoms with Gasteiger partial charge >= 0.3 is 0 Å². The van der Waals surface area contributed by atoms with Crippen LogP contribution in [0.25, 0.3) is 0 Å². The van der Waals surface area contributed by atoms with Gasteiger partial charge < -0.3 is 9.80 Å². The molecule has 0 atom stereocenters. The van der Waals surface area contributed by atoms with E-state index in [0.717, 1.165) is 29.3 Å². The fraction of sp³-hybridized carbons (Fsp3) is 0.250. The lowest BCUT2D eigenvalue weighted by atomic mass is 10.1. The van der Waals surface area contributed by atoms with Crippen LogP contribution in [0.5, 0.6) is 0 Å². The highest BCUT2D eigenvalue weighted by Crippen LogP contribution is 2.38. The van der Waals surface area contributed by atoms with E-state index in [4.69, 9.17) is 0 Å². The Morgan fingerprint density at radius 1 is 0.950 bits per heavy atom. The standard InChI is InChI=1S/C16H17N3O/c1-3-18-13-9-6-5-8-12(13)16(20)19(4-2)14-10-7-11-17-15(14)18/h5-11H,3-4H2,1-2H3. The number of carbonyl (C=O) groups excluding carboxylic acids is 1. The van der Waals surface area contributed by atoms with Crippen LogP contribution >= 0.6 is 0 Å². The van der Waals surface area contributed by atoms with Gasteiger partial charge in [-0.15, -0.1) is 0 Å². The van der Waals surface area contributed by atoms with Gasteiger partial charge in [0, 0.05) is 19.3 Å². The highest BCUT2D eigenvalue weighted by atomic mass is 16.2. The SMILES string of the molecule is CCN1C(=O)c2ccccc2N(CC)c2ncccc21. The second-order valence-electron chi connectivity index (χ2n) is 4.66. The summed E-state index contributed by atoms with van der Waals surface area (Å²) in [6.45, 7) is 5.45. The number of aromatic nitrogens is 1. The smallest absolute Gasteiger partial charge is 0.260 e. The predicted octanol–water partition coefficient (Wildman–Crippen LogP) is 3.22. The van der Waals surface area contributed by atoms with Gasteiger partial charge in [0.2, 0.25) is 0 Å². The Kier molecular flexibility index (Phi) is 3.14. The summed E-state index contributed by atoms with van der Waals surface area (Å²) in [6, 6.07) is 11.6. The Morgan fingerprint density at radius 2 is 1.65 bits per heavy atom. The molecule has 0 saturated heterocycles. The highest BCUT2D eigenvalue weighted by molar-refractivity contribution is 6.13. The summed E-state index contributed by atoms with van der Waals surface area (Å²) in [5.74, 6) is 0.878. The number of para-hydroxylation sites is 1. The number of anilines is 3. The number of hydrogen-bond acceptors (Lipinski definition) is 3. The maximum atomic E-state index is 12.8. The topological polar surface area (TPSA) is 36.4 Å². The number of benzene rings is 1. The van der Waals surface area contributed by atoms with Crippen molar-refractivity contribution < 1.29 is 4.79 Å². The zero-order valence-corrected chi connectivity index (χ0v) is 11.7. The Hall–Kier alpha value is -2.36. The highest BCUT2D eigenvalue weighted by Gasteiger charge is 2.29. The third kappa shape index (κ3) is 1.76. The monoisotopic (exact) mass is 267 g/mol. The number of carbonyl (C=O) groups is 1. The summed E-state index contributed by atoms with van der Waals surface area (Å²) < 4.78 is 0. The van der Waals surface area contributed by atoms with Gasteiger partial charge in [0.05, 0.1) is 16.9 Å². The molecule has 102 valence electrons. The van der Waals surface area contributed by atoms with Crippen LogP contribution in [0.1, 0.15) is 24.2 Å². The molecule has 0 spiro atoms. The van der Waals surface area contributed by atoms with Gasteiger partial charge in [-0.05, 0) is 38.1 Å². The number of fused-ring (bicyclic) bond motifs is 2. The molecule has 0 fully saturated rings. The molecular formula is C16H17N3O. The molecule has 1 aromatic carbocycles. The van der Waals surface area contributed by atoms with Crippen molar-refractivity contribution in [1.29, 1.82) is 0 Å². The lowest BCUT2D eigenvalue weighted by Gasteiger charge is -2.24. The first kappa shape index (κ1) is 12.7. The molecule has 1 aliphatic heterocycles. The summed E-state index contributed by atoms with van der Waals surface area (Å²) in [6.07, 6.45) is 1.77. The van der Waals surface area contributed by atoms with Gasteiger partial charge in [-0.25, -0.2) is 4.98 Å². The molecule has 0 aliphatic carbocycles. The van der Waals surface area contributed by atoms with E-state index in [1.807, 2.05) is 43.3 Å². The van der Waals surface area contributed by atoms with Crippen LogP contribution in [0.4, 0.5) is 17.2 Å². The number of pyridine rings is 1. The molecule has 1 aliphatic rings. The van der Waals surface area contributed by atoms with Gasteiger partial charge in [-0.1, -0.05) is 12.1 Å². The van der Waals surface area contributed by atoms with Crippen molar-refractivity contribution in [2.24, 2.45) is 0 Å². The molecule has 1 aromatic heterocycles. The third-order valence-electron chi connectivity index (χ3n) is 3.62. The first-order valence-electron chi connectivity index (χ1n) is 6.91. The van der Waals surface area contributed by atoms with Crippen molar-refractivity contribution in [3.63, 3.8) is 0 Å². The van der Waals surface area contributed by atoms with Crippen LogP contribution < -0.4 is 9.80 Å². The minimum Gasteiger partial charge on any atom is -0.324 e. The molecule has 2 heterocycles. The van der Waals surface area contributed by atoms with Crippen LogP contribution in [0, 0.1) is 0 Å². The molecule has 1 amide bonds. The average Bonchev–Trinajstić information content (AvgIpc) is 2.60. The van der Waals surface area contributed by atoms with Gasteiger partial charge in [0.25, 0.3) is 5.91 Å². The normalized spacial score (nSPS) is 13.8. The number of hydrogen-bond donors (Lipinski definition) is 0. The van der Waals surface area contributed by atoms with Gasteiger partial charge in [0.15, 0.2) is 5.82 Å². The van der Waals surface area contributed by atoms with Crippen molar-refractivity contribution in [2.45, 2.75) is 13.8 Å². The lowest BCUT2D eigenvalue weighted by Crippen LogP contribution is -2.29. The first-order chi connectivity index (χ1) is 9.77. The number of rotatable bonds is 2. The van der Waals surface area contributed by atoms with E-state index in [9.17, 15) is 4.79 Å². The van der Waals surface area contributed by atoms with E-state index in [2.05, 4.69) is 16.8 Å². The Bertz CT molecular complexity index is 654. The second kappa shape index (κ2) is 4.96. The van der Waals surface area contributed by atoms with Crippen molar-refractivity contribution in [2.75, 3.05) is 22.9 Å². The summed E-state index contributed by atoms with van der Waals surface area (Å²) >= 11 is 0. The van der Waals surface area contributed by atoms with Gasteiger partial charge in [-0.3, -0.25) is 4.79 Å². The van der Waals surface area contributed by atoms with E-state index >= 15 is 0 Å². The Labute approximate surface area is 118 Å². The van der Waals surface area contributed by atoms with E-state index in [-0.39, 0.29) is 5.91 Å². The summed E-state index contributed by atoms with van der Waals surface area (Å²) in [4.78, 5) is 21.1. The second-order valence-corrected chi connectivity index (χ2v) is 4.66. The molecule has 0 unspecified atom stereocenters. The zero-order chi connectivity index (χ0) is 14.1. The summed E-state index contributed by atoms with van der Waals surface area (Å²) in [5.41, 5.74) is 2.53. The van der Waals surface area contributed by atoms with Crippen molar-refractivity contribution in [1.82, 2.24) is 4.98 Å². The Morgan fingerprint density at radius 3 is 2.40 bits per heavy atom. The molecule has 4 heteroatoms. The minimum absolute atomic E-state index is 0.0355. The van der Waals surface area contributed by atoms with Crippen LogP contribution in [0.3, 0.4) is 0 Å². The molecule has 2 aromatic rings. The largest absolute Gasteiger partial charge is 0.324 e. The molecule has 3 rings (SSSR count). The maximum Gasteiger partial charge on any atom is 0.260 e. The number of nitrogens with zero attached hydrogens (tertiary/aromatic N) is 3. The number of amides is 1. The zero-order valence-electron chi connectivity index (χ0n) is 11.7. The van der Waals surface area contributed by atoms with Crippen molar-refractivity contribution in [3.05, 3.63) is 48.2 Å². The fourth-order valence-corrected chi connectivity index (χ4v) is 2.70. The summed E-state index contributed by atoms with van der Waals surface area (Å²) in [5, 5.41) is 0. The predicted molar refractivity (Wildman–Crippen MR) is 80.7 cm³/mol. The molecule has 0 N–H and O–H groups in total. The lowest BCUT2D eigenvalue weighted by molar-refractivity contribution is 0.0989. The molecule has 0 bridgehead atoms. The summed E-state index contributed by atoms with van der Waals surface area (Å²) in [7, 11) is 0. The van der Waals surface area contributed by atoms with E-state index in [0.29, 0.717) is 6.54 Å². The molecular weight excluding hydrogens is 250 g/mol. The van der Waals surface area contributed by atoms with Crippen molar-refractivity contribution >= 4 is 23.1 Å². The fourth-order valence-electron chi connectivity index (χ4n) is 2.70. The third-order valence-corrected chi connectivity index (χ3v) is 3.62. The molecule has 20 heavy (non-hydrogen) atoms. The minimum atomic E-state index is 0.0355.